The molecule has 2 heterocycles. The van der Waals surface area contributed by atoms with Crippen molar-refractivity contribution in [3.63, 3.8) is 0 Å². The Morgan fingerprint density at radius 3 is 2.29 bits per heavy atom. The maximum atomic E-state index is 14.0. The molecule has 9 heteroatoms. The Labute approximate surface area is 240 Å². The largest absolute Gasteiger partial charge is 0.497 e. The van der Waals surface area contributed by atoms with Gasteiger partial charge in [-0.25, -0.2) is 4.68 Å². The van der Waals surface area contributed by atoms with Crippen molar-refractivity contribution in [2.75, 3.05) is 32.0 Å². The monoisotopic (exact) mass is 553 g/mol. The van der Waals surface area contributed by atoms with E-state index in [0.29, 0.717) is 46.0 Å². The molecule has 0 saturated heterocycles. The van der Waals surface area contributed by atoms with Crippen LogP contribution in [0.2, 0.25) is 0 Å². The van der Waals surface area contributed by atoms with E-state index < -0.39 is 6.04 Å². The third kappa shape index (κ3) is 5.35. The predicted octanol–water partition coefficient (Wildman–Crippen LogP) is 6.20. The van der Waals surface area contributed by atoms with Gasteiger partial charge < -0.3 is 24.8 Å². The molecule has 0 spiro atoms. The van der Waals surface area contributed by atoms with Gasteiger partial charge in [0.2, 0.25) is 5.95 Å². The molecule has 1 atom stereocenters. The number of rotatable bonds is 7. The van der Waals surface area contributed by atoms with Crippen molar-refractivity contribution >= 4 is 17.5 Å². The second-order valence-corrected chi connectivity index (χ2v) is 10.9. The fourth-order valence-electron chi connectivity index (χ4n) is 4.96. The minimum atomic E-state index is -0.642. The lowest BCUT2D eigenvalue weighted by Crippen LogP contribution is -2.31. The van der Waals surface area contributed by atoms with E-state index in [2.05, 4.69) is 43.5 Å². The highest BCUT2D eigenvalue weighted by Gasteiger charge is 2.36. The first-order valence-corrected chi connectivity index (χ1v) is 13.4. The molecular weight excluding hydrogens is 518 g/mol. The number of carbonyl (C=O) groups is 1. The molecular formula is C32H35N5O4. The van der Waals surface area contributed by atoms with Crippen LogP contribution in [0, 0.1) is 0 Å². The van der Waals surface area contributed by atoms with E-state index in [1.165, 1.54) is 5.56 Å². The van der Waals surface area contributed by atoms with E-state index in [1.54, 1.807) is 44.2 Å². The second kappa shape index (κ2) is 11.0. The van der Waals surface area contributed by atoms with Gasteiger partial charge in [-0.05, 0) is 42.2 Å². The molecule has 0 aliphatic carbocycles. The lowest BCUT2D eigenvalue weighted by atomic mass is 9.87. The Kier molecular flexibility index (Phi) is 7.45. The number of nitrogens with one attached hydrogen (secondary N) is 2. The van der Waals surface area contributed by atoms with Gasteiger partial charge in [0.05, 0.1) is 32.6 Å². The fourth-order valence-corrected chi connectivity index (χ4v) is 4.96. The van der Waals surface area contributed by atoms with Gasteiger partial charge in [0, 0.05) is 22.9 Å². The van der Waals surface area contributed by atoms with E-state index in [9.17, 15) is 4.79 Å². The molecule has 4 aromatic rings. The molecule has 2 N–H and O–H groups in total. The Morgan fingerprint density at radius 1 is 0.927 bits per heavy atom. The van der Waals surface area contributed by atoms with Crippen molar-refractivity contribution in [3.8, 4) is 28.6 Å². The van der Waals surface area contributed by atoms with Crippen LogP contribution < -0.4 is 24.8 Å². The average molecular weight is 554 g/mol. The molecule has 0 radical (unpaired) electrons. The van der Waals surface area contributed by atoms with Gasteiger partial charge in [0.1, 0.15) is 23.3 Å². The summed E-state index contributed by atoms with van der Waals surface area (Å²) in [6.07, 6.45) is 0. The summed E-state index contributed by atoms with van der Waals surface area (Å²) in [4.78, 5) is 18.8. The highest BCUT2D eigenvalue weighted by molar-refractivity contribution is 6.06. The van der Waals surface area contributed by atoms with Gasteiger partial charge in [-0.3, -0.25) is 4.79 Å². The number of methoxy groups -OCH3 is 3. The molecule has 1 unspecified atom stereocenters. The van der Waals surface area contributed by atoms with Gasteiger partial charge in [-0.15, -0.1) is 5.10 Å². The highest BCUT2D eigenvalue weighted by Crippen LogP contribution is 2.42. The van der Waals surface area contributed by atoms with E-state index in [1.807, 2.05) is 43.3 Å². The molecule has 5 rings (SSSR count). The minimum Gasteiger partial charge on any atom is -0.497 e. The summed E-state index contributed by atoms with van der Waals surface area (Å²) >= 11 is 0. The van der Waals surface area contributed by atoms with Crippen LogP contribution in [0.5, 0.6) is 17.2 Å². The number of benzene rings is 3. The van der Waals surface area contributed by atoms with Crippen LogP contribution in [0.15, 0.2) is 78.0 Å². The Balaban J connectivity index is 1.62. The predicted molar refractivity (Wildman–Crippen MR) is 160 cm³/mol. The molecule has 9 nitrogen and oxygen atoms in total. The van der Waals surface area contributed by atoms with Crippen molar-refractivity contribution in [1.29, 1.82) is 0 Å². The summed E-state index contributed by atoms with van der Waals surface area (Å²) < 4.78 is 18.4. The second-order valence-electron chi connectivity index (χ2n) is 10.9. The third-order valence-electron chi connectivity index (χ3n) is 7.20. The number of anilines is 2. The van der Waals surface area contributed by atoms with Crippen molar-refractivity contribution < 1.29 is 19.0 Å². The zero-order chi connectivity index (χ0) is 29.3. The smallest absolute Gasteiger partial charge is 0.255 e. The van der Waals surface area contributed by atoms with Crippen LogP contribution in [0.3, 0.4) is 0 Å². The molecule has 1 amide bonds. The number of hydrogen-bond acceptors (Lipinski definition) is 7. The Hall–Kier alpha value is -4.79. The normalized spacial score (nSPS) is 14.7. The molecule has 41 heavy (non-hydrogen) atoms. The summed E-state index contributed by atoms with van der Waals surface area (Å²) in [5.41, 5.74) is 4.53. The van der Waals surface area contributed by atoms with Crippen LogP contribution in [0.1, 0.15) is 44.9 Å². The van der Waals surface area contributed by atoms with Crippen LogP contribution in [0.4, 0.5) is 11.6 Å². The van der Waals surface area contributed by atoms with Gasteiger partial charge in [-0.1, -0.05) is 57.2 Å². The van der Waals surface area contributed by atoms with Gasteiger partial charge in [0.25, 0.3) is 5.91 Å². The number of nitrogens with zero attached hydrogens (tertiary/aromatic N) is 3. The summed E-state index contributed by atoms with van der Waals surface area (Å²) in [6.45, 7) is 8.39. The highest BCUT2D eigenvalue weighted by atomic mass is 16.5. The fraction of sp³-hybridized carbons (Fsp3) is 0.281. The SMILES string of the molecule is COc1ccc(C2C(C(=O)Nc3ccccc3OC)=C(C)Nc3nc(-c4ccc(C(C)(C)C)cc4)nn32)c(OC)c1. The third-order valence-corrected chi connectivity index (χ3v) is 7.20. The number of para-hydroxylation sites is 2. The summed E-state index contributed by atoms with van der Waals surface area (Å²) in [5, 5.41) is 11.2. The number of aromatic nitrogens is 3. The summed E-state index contributed by atoms with van der Waals surface area (Å²) in [7, 11) is 4.76. The van der Waals surface area contributed by atoms with Crippen molar-refractivity contribution in [2.24, 2.45) is 0 Å². The summed E-state index contributed by atoms with van der Waals surface area (Å²) in [5.74, 6) is 2.52. The van der Waals surface area contributed by atoms with Crippen LogP contribution in [-0.4, -0.2) is 42.0 Å². The standard InChI is InChI=1S/C32H35N5O4/c1-19-27(30(38)34-24-10-8-9-11-25(24)40-6)28(23-17-16-22(39-5)18-26(23)41-7)37-31(33-19)35-29(36-37)20-12-14-21(15-13-20)32(2,3)4/h8-18,28H,1-7H3,(H,34,38)(H,33,35,36). The first kappa shape index (κ1) is 27.8. The molecule has 0 fully saturated rings. The first-order valence-electron chi connectivity index (χ1n) is 13.4. The van der Waals surface area contributed by atoms with Gasteiger partial charge in [0.15, 0.2) is 5.82 Å². The number of allylic oxidation sites excluding steroid dienone is 1. The maximum absolute atomic E-state index is 14.0. The average Bonchev–Trinajstić information content (AvgIpc) is 3.39. The van der Waals surface area contributed by atoms with Gasteiger partial charge in [-0.2, -0.15) is 4.98 Å². The number of ether oxygens (including phenoxy) is 3. The van der Waals surface area contributed by atoms with Crippen LogP contribution in [-0.2, 0) is 10.2 Å². The van der Waals surface area contributed by atoms with Crippen molar-refractivity contribution in [1.82, 2.24) is 14.8 Å². The molecule has 1 aliphatic heterocycles. The maximum Gasteiger partial charge on any atom is 0.255 e. The van der Waals surface area contributed by atoms with Crippen molar-refractivity contribution in [3.05, 3.63) is 89.1 Å². The molecule has 0 saturated carbocycles. The van der Waals surface area contributed by atoms with E-state index in [0.717, 1.165) is 11.1 Å². The van der Waals surface area contributed by atoms with Crippen LogP contribution in [0.25, 0.3) is 11.4 Å². The zero-order valence-electron chi connectivity index (χ0n) is 24.4. The van der Waals surface area contributed by atoms with Crippen molar-refractivity contribution in [2.45, 2.75) is 39.2 Å². The first-order chi connectivity index (χ1) is 19.6. The number of amides is 1. The van der Waals surface area contributed by atoms with Gasteiger partial charge >= 0.3 is 0 Å². The molecule has 0 bridgehead atoms. The number of carbonyl (C=O) groups excluding carboxylic acids is 1. The van der Waals surface area contributed by atoms with E-state index in [4.69, 9.17) is 24.3 Å². The number of hydrogen-bond donors (Lipinski definition) is 2. The molecule has 1 aliphatic rings. The molecule has 3 aromatic carbocycles. The lowest BCUT2D eigenvalue weighted by molar-refractivity contribution is -0.113. The quantitative estimate of drug-likeness (QED) is 0.281. The lowest BCUT2D eigenvalue weighted by Gasteiger charge is -2.29. The Morgan fingerprint density at radius 2 is 1.63 bits per heavy atom. The number of fused-ring (bicyclic) bond motifs is 1. The molecule has 212 valence electrons. The minimum absolute atomic E-state index is 0.0295. The summed E-state index contributed by atoms with van der Waals surface area (Å²) in [6, 6.07) is 20.4. The Bertz CT molecular complexity index is 1620. The zero-order valence-corrected chi connectivity index (χ0v) is 24.4. The van der Waals surface area contributed by atoms with Crippen LogP contribution >= 0.6 is 0 Å². The van der Waals surface area contributed by atoms with E-state index >= 15 is 0 Å². The topological polar surface area (TPSA) is 99.5 Å². The van der Waals surface area contributed by atoms with E-state index in [-0.39, 0.29) is 11.3 Å². The molecule has 1 aromatic heterocycles.